The van der Waals surface area contributed by atoms with E-state index in [9.17, 15) is 5.11 Å². The third-order valence-corrected chi connectivity index (χ3v) is 5.04. The zero-order valence-corrected chi connectivity index (χ0v) is 16.5. The van der Waals surface area contributed by atoms with Gasteiger partial charge in [-0.05, 0) is 30.9 Å². The van der Waals surface area contributed by atoms with Crippen molar-refractivity contribution in [3.8, 4) is 0 Å². The molecule has 3 rings (SSSR count). The highest BCUT2D eigenvalue weighted by Gasteiger charge is 2.37. The van der Waals surface area contributed by atoms with Crippen molar-refractivity contribution in [2.45, 2.75) is 50.3 Å². The first kappa shape index (κ1) is 19.9. The van der Waals surface area contributed by atoms with Gasteiger partial charge in [0.1, 0.15) is 0 Å². The van der Waals surface area contributed by atoms with Crippen LogP contribution < -0.4 is 5.32 Å². The maximum Gasteiger partial charge on any atom is 0.0983 e. The van der Waals surface area contributed by atoms with Gasteiger partial charge in [-0.15, -0.1) is 17.0 Å². The van der Waals surface area contributed by atoms with Crippen LogP contribution in [0.2, 0.25) is 0 Å². The molecule has 0 spiro atoms. The Morgan fingerprint density at radius 1 is 1.04 bits per heavy atom. The summed E-state index contributed by atoms with van der Waals surface area (Å²) in [7, 11) is 0. The number of benzene rings is 2. The van der Waals surface area contributed by atoms with Gasteiger partial charge in [-0.3, -0.25) is 0 Å². The van der Waals surface area contributed by atoms with Gasteiger partial charge in [0.15, 0.2) is 0 Å². The van der Waals surface area contributed by atoms with E-state index in [2.05, 4.69) is 48.6 Å². The number of nitrogens with one attached hydrogen (secondary N) is 1. The molecule has 0 bridgehead atoms. The molecule has 0 heterocycles. The van der Waals surface area contributed by atoms with E-state index in [1.165, 1.54) is 12.0 Å². The Morgan fingerprint density at radius 2 is 1.68 bits per heavy atom. The number of halogens is 1. The van der Waals surface area contributed by atoms with Crippen molar-refractivity contribution in [3.05, 3.63) is 77.9 Å². The summed E-state index contributed by atoms with van der Waals surface area (Å²) in [6.07, 6.45) is 8.11. The molecule has 0 aliphatic heterocycles. The smallest absolute Gasteiger partial charge is 0.0983 e. The first-order valence-corrected chi connectivity index (χ1v) is 8.95. The van der Waals surface area contributed by atoms with Crippen LogP contribution in [0.4, 0.5) is 0 Å². The number of rotatable bonds is 5. The van der Waals surface area contributed by atoms with E-state index in [-0.39, 0.29) is 29.1 Å². The van der Waals surface area contributed by atoms with E-state index in [4.69, 9.17) is 0 Å². The van der Waals surface area contributed by atoms with Gasteiger partial charge in [-0.25, -0.2) is 0 Å². The van der Waals surface area contributed by atoms with Crippen molar-refractivity contribution >= 4 is 23.1 Å². The molecule has 3 atom stereocenters. The largest absolute Gasteiger partial charge is 0.384 e. The standard InChI is InChI=1S/C22H27NO.BrH/c1-18(20-12-6-3-7-13-20)23-21-14-8-9-16-22(21,24)17-15-19-10-4-2-5-11-19;/h2-7,10-13,15,17-18,21,23-24H,8-9,14,16H2,1H3;1H/b17-15+;/t18-,21+,22-;/m1./s1. The van der Waals surface area contributed by atoms with E-state index in [1.54, 1.807) is 0 Å². The molecule has 2 aromatic carbocycles. The molecule has 3 heteroatoms. The zero-order valence-electron chi connectivity index (χ0n) is 14.8. The van der Waals surface area contributed by atoms with Crippen molar-refractivity contribution < 1.29 is 5.11 Å². The summed E-state index contributed by atoms with van der Waals surface area (Å²) in [6.45, 7) is 2.17. The predicted octanol–water partition coefficient (Wildman–Crippen LogP) is 5.30. The minimum absolute atomic E-state index is 0. The fourth-order valence-corrected chi connectivity index (χ4v) is 3.55. The van der Waals surface area contributed by atoms with Crippen molar-refractivity contribution in [2.24, 2.45) is 0 Å². The Morgan fingerprint density at radius 3 is 2.36 bits per heavy atom. The SMILES string of the molecule is Br.C[C@@H](N[C@H]1CCCC[C@@]1(O)/C=C/c1ccccc1)c1ccccc1. The maximum absolute atomic E-state index is 11.2. The summed E-state index contributed by atoms with van der Waals surface area (Å²) in [5, 5.41) is 14.9. The first-order valence-electron chi connectivity index (χ1n) is 8.95. The van der Waals surface area contributed by atoms with Gasteiger partial charge in [-0.2, -0.15) is 0 Å². The van der Waals surface area contributed by atoms with Gasteiger partial charge in [0.2, 0.25) is 0 Å². The molecule has 1 saturated carbocycles. The summed E-state index contributed by atoms with van der Waals surface area (Å²) in [6, 6.07) is 21.0. The van der Waals surface area contributed by atoms with Crippen LogP contribution in [0.1, 0.15) is 49.8 Å². The molecular weight excluding hydrogens is 374 g/mol. The minimum atomic E-state index is -0.781. The van der Waals surface area contributed by atoms with Crippen LogP contribution in [0.3, 0.4) is 0 Å². The van der Waals surface area contributed by atoms with E-state index >= 15 is 0 Å². The lowest BCUT2D eigenvalue weighted by Crippen LogP contribution is -2.52. The van der Waals surface area contributed by atoms with Crippen molar-refractivity contribution in [3.63, 3.8) is 0 Å². The first-order chi connectivity index (χ1) is 11.7. The molecule has 25 heavy (non-hydrogen) atoms. The number of aliphatic hydroxyl groups is 1. The molecule has 0 saturated heterocycles. The molecule has 1 aliphatic rings. The van der Waals surface area contributed by atoms with Gasteiger partial charge >= 0.3 is 0 Å². The fraction of sp³-hybridized carbons (Fsp3) is 0.364. The highest BCUT2D eigenvalue weighted by atomic mass is 79.9. The highest BCUT2D eigenvalue weighted by molar-refractivity contribution is 8.93. The Balaban J connectivity index is 0.00000225. The van der Waals surface area contributed by atoms with E-state index in [0.717, 1.165) is 24.8 Å². The summed E-state index contributed by atoms with van der Waals surface area (Å²) in [5.41, 5.74) is 1.61. The van der Waals surface area contributed by atoms with Gasteiger partial charge in [0.25, 0.3) is 0 Å². The quantitative estimate of drug-likeness (QED) is 0.711. The summed E-state index contributed by atoms with van der Waals surface area (Å²) >= 11 is 0. The normalized spacial score (nSPS) is 24.6. The average Bonchev–Trinajstić information content (AvgIpc) is 2.64. The molecule has 2 N–H and O–H groups in total. The van der Waals surface area contributed by atoms with Crippen molar-refractivity contribution in [1.29, 1.82) is 0 Å². The second-order valence-corrected chi connectivity index (χ2v) is 6.83. The second kappa shape index (κ2) is 9.33. The summed E-state index contributed by atoms with van der Waals surface area (Å²) in [4.78, 5) is 0. The maximum atomic E-state index is 11.2. The van der Waals surface area contributed by atoms with Gasteiger partial charge in [0, 0.05) is 12.1 Å². The van der Waals surface area contributed by atoms with Crippen LogP contribution >= 0.6 is 17.0 Å². The second-order valence-electron chi connectivity index (χ2n) is 6.83. The Bertz CT molecular complexity index is 658. The van der Waals surface area contributed by atoms with E-state index in [1.807, 2.05) is 36.4 Å². The number of hydrogen-bond donors (Lipinski definition) is 2. The van der Waals surface area contributed by atoms with Gasteiger partial charge < -0.3 is 10.4 Å². The molecule has 0 unspecified atom stereocenters. The Labute approximate surface area is 161 Å². The van der Waals surface area contributed by atoms with Crippen LogP contribution in [0.25, 0.3) is 6.08 Å². The Kier molecular flexibility index (Phi) is 7.42. The molecule has 0 amide bonds. The lowest BCUT2D eigenvalue weighted by atomic mass is 9.79. The van der Waals surface area contributed by atoms with Crippen LogP contribution in [0, 0.1) is 0 Å². The molecule has 1 fully saturated rings. The molecule has 0 aromatic heterocycles. The monoisotopic (exact) mass is 401 g/mol. The average molecular weight is 402 g/mol. The van der Waals surface area contributed by atoms with Crippen LogP contribution in [-0.2, 0) is 0 Å². The van der Waals surface area contributed by atoms with Crippen molar-refractivity contribution in [1.82, 2.24) is 5.32 Å². The third-order valence-electron chi connectivity index (χ3n) is 5.04. The molecular formula is C22H28BrNO. The lowest BCUT2D eigenvalue weighted by Gasteiger charge is -2.40. The molecule has 1 aliphatic carbocycles. The Hall–Kier alpha value is -1.42. The van der Waals surface area contributed by atoms with Gasteiger partial charge in [0.05, 0.1) is 5.60 Å². The predicted molar refractivity (Wildman–Crippen MR) is 111 cm³/mol. The lowest BCUT2D eigenvalue weighted by molar-refractivity contribution is 0.0139. The highest BCUT2D eigenvalue weighted by Crippen LogP contribution is 2.32. The zero-order chi connectivity index (χ0) is 16.8. The number of hydrogen-bond acceptors (Lipinski definition) is 2. The summed E-state index contributed by atoms with van der Waals surface area (Å²) < 4.78 is 0. The van der Waals surface area contributed by atoms with Crippen molar-refractivity contribution in [2.75, 3.05) is 0 Å². The molecule has 2 nitrogen and oxygen atoms in total. The topological polar surface area (TPSA) is 32.3 Å². The van der Waals surface area contributed by atoms with Gasteiger partial charge in [-0.1, -0.05) is 85.7 Å². The molecule has 2 aromatic rings. The molecule has 0 radical (unpaired) electrons. The van der Waals surface area contributed by atoms with E-state index < -0.39 is 5.60 Å². The van der Waals surface area contributed by atoms with Crippen LogP contribution in [-0.4, -0.2) is 16.7 Å². The van der Waals surface area contributed by atoms with Crippen LogP contribution in [0.15, 0.2) is 66.7 Å². The minimum Gasteiger partial charge on any atom is -0.384 e. The molecule has 134 valence electrons. The summed E-state index contributed by atoms with van der Waals surface area (Å²) in [5.74, 6) is 0. The van der Waals surface area contributed by atoms with E-state index in [0.29, 0.717) is 0 Å². The fourth-order valence-electron chi connectivity index (χ4n) is 3.55. The third kappa shape index (κ3) is 5.27. The van der Waals surface area contributed by atoms with Crippen LogP contribution in [0.5, 0.6) is 0 Å².